The van der Waals surface area contributed by atoms with Gasteiger partial charge in [0.15, 0.2) is 0 Å². The van der Waals surface area contributed by atoms with Crippen LogP contribution in [0.5, 0.6) is 0 Å². The fraction of sp³-hybridized carbons (Fsp3) is 0.562. The van der Waals surface area contributed by atoms with Crippen LogP contribution in [-0.4, -0.2) is 11.9 Å². The van der Waals surface area contributed by atoms with Crippen molar-refractivity contribution in [1.82, 2.24) is 5.32 Å². The quantitative estimate of drug-likeness (QED) is 0.863. The number of hydrogen-bond acceptors (Lipinski definition) is 1. The molecule has 2 atom stereocenters. The molecule has 2 nitrogen and oxygen atoms in total. The number of benzene rings is 1. The van der Waals surface area contributed by atoms with Crippen molar-refractivity contribution in [3.05, 3.63) is 33.8 Å². The summed E-state index contributed by atoms with van der Waals surface area (Å²) in [4.78, 5) is 12.3. The van der Waals surface area contributed by atoms with Gasteiger partial charge in [-0.3, -0.25) is 4.79 Å². The van der Waals surface area contributed by atoms with Gasteiger partial charge in [0.1, 0.15) is 0 Å². The van der Waals surface area contributed by atoms with E-state index in [9.17, 15) is 4.79 Å². The predicted octanol–water partition coefficient (Wildman–Crippen LogP) is 4.31. The molecule has 0 radical (unpaired) electrons. The average molecular weight is 324 g/mol. The first kappa shape index (κ1) is 14.6. The minimum Gasteiger partial charge on any atom is -0.349 e. The molecule has 1 aromatic carbocycles. The van der Waals surface area contributed by atoms with Crippen molar-refractivity contribution < 1.29 is 4.79 Å². The van der Waals surface area contributed by atoms with Gasteiger partial charge >= 0.3 is 0 Å². The smallest absolute Gasteiger partial charge is 0.251 e. The predicted molar refractivity (Wildman–Crippen MR) is 82.3 cm³/mol. The van der Waals surface area contributed by atoms with Crippen LogP contribution in [0.4, 0.5) is 0 Å². The Morgan fingerprint density at radius 3 is 2.42 bits per heavy atom. The molecule has 3 heteroatoms. The maximum atomic E-state index is 12.3. The van der Waals surface area contributed by atoms with Crippen LogP contribution in [0.2, 0.25) is 0 Å². The maximum absolute atomic E-state index is 12.3. The van der Waals surface area contributed by atoms with Gasteiger partial charge in [-0.25, -0.2) is 0 Å². The van der Waals surface area contributed by atoms with Crippen LogP contribution in [0.3, 0.4) is 0 Å². The SMILES string of the molecule is Cc1cc(C(=O)NC2CC(C)CC(C)C2)ccc1Br. The highest BCUT2D eigenvalue weighted by Gasteiger charge is 2.25. The lowest BCUT2D eigenvalue weighted by atomic mass is 9.80. The fourth-order valence-corrected chi connectivity index (χ4v) is 3.37. The number of halogens is 1. The van der Waals surface area contributed by atoms with Crippen LogP contribution in [0.15, 0.2) is 22.7 Å². The third kappa shape index (κ3) is 3.82. The third-order valence-electron chi connectivity index (χ3n) is 3.93. The maximum Gasteiger partial charge on any atom is 0.251 e. The Balaban J connectivity index is 2.02. The second-order valence-corrected chi connectivity index (χ2v) is 6.91. The second kappa shape index (κ2) is 6.08. The summed E-state index contributed by atoms with van der Waals surface area (Å²) in [7, 11) is 0. The molecule has 1 aromatic rings. The van der Waals surface area contributed by atoms with E-state index in [1.54, 1.807) is 0 Å². The summed E-state index contributed by atoms with van der Waals surface area (Å²) in [6.07, 6.45) is 3.49. The summed E-state index contributed by atoms with van der Waals surface area (Å²) in [5.74, 6) is 1.48. The van der Waals surface area contributed by atoms with E-state index in [0.717, 1.165) is 28.4 Å². The van der Waals surface area contributed by atoms with Crippen molar-refractivity contribution >= 4 is 21.8 Å². The highest BCUT2D eigenvalue weighted by Crippen LogP contribution is 2.28. The van der Waals surface area contributed by atoms with Gasteiger partial charge in [0.05, 0.1) is 0 Å². The van der Waals surface area contributed by atoms with Gasteiger partial charge < -0.3 is 5.32 Å². The lowest BCUT2D eigenvalue weighted by Crippen LogP contribution is -2.40. The largest absolute Gasteiger partial charge is 0.349 e. The van der Waals surface area contributed by atoms with Gasteiger partial charge in [-0.2, -0.15) is 0 Å². The van der Waals surface area contributed by atoms with E-state index in [1.807, 2.05) is 25.1 Å². The number of amides is 1. The molecule has 2 rings (SSSR count). The summed E-state index contributed by atoms with van der Waals surface area (Å²) in [6, 6.07) is 6.09. The number of hydrogen-bond donors (Lipinski definition) is 1. The van der Waals surface area contributed by atoms with Crippen LogP contribution < -0.4 is 5.32 Å². The number of carbonyl (C=O) groups is 1. The Morgan fingerprint density at radius 1 is 1.21 bits per heavy atom. The zero-order chi connectivity index (χ0) is 14.0. The van der Waals surface area contributed by atoms with E-state index in [1.165, 1.54) is 6.42 Å². The molecule has 1 aliphatic rings. The Bertz CT molecular complexity index is 462. The normalized spacial score (nSPS) is 27.1. The number of rotatable bonds is 2. The Morgan fingerprint density at radius 2 is 1.84 bits per heavy atom. The van der Waals surface area contributed by atoms with Crippen LogP contribution in [0.1, 0.15) is 49.0 Å². The van der Waals surface area contributed by atoms with Crippen molar-refractivity contribution in [2.45, 2.75) is 46.1 Å². The van der Waals surface area contributed by atoms with Gasteiger partial charge in [0.25, 0.3) is 5.91 Å². The highest BCUT2D eigenvalue weighted by atomic mass is 79.9. The van der Waals surface area contributed by atoms with Crippen molar-refractivity contribution in [2.24, 2.45) is 11.8 Å². The van der Waals surface area contributed by atoms with Gasteiger partial charge in [-0.1, -0.05) is 29.8 Å². The van der Waals surface area contributed by atoms with Crippen molar-refractivity contribution in [2.75, 3.05) is 0 Å². The van der Waals surface area contributed by atoms with Gasteiger partial charge in [0.2, 0.25) is 0 Å². The molecule has 2 unspecified atom stereocenters. The summed E-state index contributed by atoms with van der Waals surface area (Å²) in [6.45, 7) is 6.56. The van der Waals surface area contributed by atoms with Gasteiger partial charge in [-0.05, 0) is 61.8 Å². The van der Waals surface area contributed by atoms with E-state index in [0.29, 0.717) is 17.9 Å². The summed E-state index contributed by atoms with van der Waals surface area (Å²) in [5, 5.41) is 3.19. The number of carbonyl (C=O) groups excluding carboxylic acids is 1. The molecule has 19 heavy (non-hydrogen) atoms. The number of nitrogens with one attached hydrogen (secondary N) is 1. The molecule has 1 aliphatic carbocycles. The van der Waals surface area contributed by atoms with Gasteiger partial charge in [-0.15, -0.1) is 0 Å². The molecule has 0 saturated heterocycles. The summed E-state index contributed by atoms with van der Waals surface area (Å²) >= 11 is 3.46. The third-order valence-corrected chi connectivity index (χ3v) is 4.82. The van der Waals surface area contributed by atoms with Crippen molar-refractivity contribution in [3.63, 3.8) is 0 Å². The van der Waals surface area contributed by atoms with E-state index in [4.69, 9.17) is 0 Å². The molecular weight excluding hydrogens is 302 g/mol. The standard InChI is InChI=1S/C16H22BrNO/c1-10-6-11(2)8-14(7-10)18-16(19)13-4-5-15(17)12(3)9-13/h4-5,9-11,14H,6-8H2,1-3H3,(H,18,19). The zero-order valence-corrected chi connectivity index (χ0v) is 13.5. The lowest BCUT2D eigenvalue weighted by molar-refractivity contribution is 0.0911. The topological polar surface area (TPSA) is 29.1 Å². The van der Waals surface area contributed by atoms with Crippen LogP contribution in [0.25, 0.3) is 0 Å². The van der Waals surface area contributed by atoms with E-state index >= 15 is 0 Å². The van der Waals surface area contributed by atoms with Crippen LogP contribution in [0, 0.1) is 18.8 Å². The van der Waals surface area contributed by atoms with Crippen LogP contribution >= 0.6 is 15.9 Å². The fourth-order valence-electron chi connectivity index (χ4n) is 3.12. The zero-order valence-electron chi connectivity index (χ0n) is 11.9. The van der Waals surface area contributed by atoms with Crippen molar-refractivity contribution in [3.8, 4) is 0 Å². The molecule has 1 saturated carbocycles. The molecule has 1 fully saturated rings. The van der Waals surface area contributed by atoms with Gasteiger partial charge in [0, 0.05) is 16.1 Å². The first-order chi connectivity index (χ1) is 8.95. The molecular formula is C16H22BrNO. The van der Waals surface area contributed by atoms with E-state index in [-0.39, 0.29) is 5.91 Å². The van der Waals surface area contributed by atoms with Crippen LogP contribution in [-0.2, 0) is 0 Å². The van der Waals surface area contributed by atoms with E-state index in [2.05, 4.69) is 35.1 Å². The molecule has 0 aromatic heterocycles. The molecule has 1 N–H and O–H groups in total. The Labute approximate surface area is 124 Å². The summed E-state index contributed by atoms with van der Waals surface area (Å²) in [5.41, 5.74) is 1.85. The Kier molecular flexibility index (Phi) is 4.67. The van der Waals surface area contributed by atoms with Crippen molar-refractivity contribution in [1.29, 1.82) is 0 Å². The second-order valence-electron chi connectivity index (χ2n) is 6.05. The molecule has 0 spiro atoms. The molecule has 0 heterocycles. The first-order valence-corrected chi connectivity index (χ1v) is 7.82. The first-order valence-electron chi connectivity index (χ1n) is 7.02. The highest BCUT2D eigenvalue weighted by molar-refractivity contribution is 9.10. The molecule has 104 valence electrons. The minimum atomic E-state index is 0.0573. The van der Waals surface area contributed by atoms with E-state index < -0.39 is 0 Å². The molecule has 0 bridgehead atoms. The average Bonchev–Trinajstić information content (AvgIpc) is 2.31. The Hall–Kier alpha value is -0.830. The lowest BCUT2D eigenvalue weighted by Gasteiger charge is -2.32. The number of aryl methyl sites for hydroxylation is 1. The monoisotopic (exact) mass is 323 g/mol. The molecule has 0 aliphatic heterocycles. The summed E-state index contributed by atoms with van der Waals surface area (Å²) < 4.78 is 1.05. The minimum absolute atomic E-state index is 0.0573. The molecule has 1 amide bonds.